The Labute approximate surface area is 172 Å². The fourth-order valence-corrected chi connectivity index (χ4v) is 3.91. The lowest BCUT2D eigenvalue weighted by atomic mass is 9.97. The van der Waals surface area contributed by atoms with E-state index in [0.717, 1.165) is 67.6 Å². The predicted octanol–water partition coefficient (Wildman–Crippen LogP) is 4.41. The van der Waals surface area contributed by atoms with E-state index >= 15 is 0 Å². The molecule has 0 amide bonds. The van der Waals surface area contributed by atoms with Gasteiger partial charge in [-0.3, -0.25) is 4.90 Å². The summed E-state index contributed by atoms with van der Waals surface area (Å²) in [7, 11) is 0. The maximum Gasteiger partial charge on any atom is 0.231 e. The molecule has 152 valence electrons. The maximum absolute atomic E-state index is 5.57. The van der Waals surface area contributed by atoms with Crippen molar-refractivity contribution in [1.82, 2.24) is 25.0 Å². The second-order valence-electron chi connectivity index (χ2n) is 8.51. The predicted molar refractivity (Wildman–Crippen MR) is 112 cm³/mol. The van der Waals surface area contributed by atoms with Crippen molar-refractivity contribution < 1.29 is 4.52 Å². The van der Waals surface area contributed by atoms with Crippen LogP contribution in [0, 0.1) is 12.8 Å². The highest BCUT2D eigenvalue weighted by Crippen LogP contribution is 2.27. The molecule has 0 aliphatic carbocycles. The number of piperidine rings is 1. The van der Waals surface area contributed by atoms with Crippen molar-refractivity contribution in [2.24, 2.45) is 5.92 Å². The zero-order valence-corrected chi connectivity index (χ0v) is 17.5. The van der Waals surface area contributed by atoms with Crippen LogP contribution in [0.4, 0.5) is 0 Å². The summed E-state index contributed by atoms with van der Waals surface area (Å²) in [6.45, 7) is 9.28. The van der Waals surface area contributed by atoms with E-state index in [9.17, 15) is 0 Å². The van der Waals surface area contributed by atoms with E-state index in [-0.39, 0.29) is 0 Å². The molecule has 1 fully saturated rings. The Balaban J connectivity index is 1.38. The lowest BCUT2D eigenvalue weighted by Gasteiger charge is -2.30. The van der Waals surface area contributed by atoms with Crippen molar-refractivity contribution in [3.63, 3.8) is 0 Å². The number of aromatic nitrogens is 4. The fourth-order valence-electron chi connectivity index (χ4n) is 3.91. The Morgan fingerprint density at radius 3 is 2.79 bits per heavy atom. The van der Waals surface area contributed by atoms with E-state index in [1.165, 1.54) is 5.56 Å². The second-order valence-corrected chi connectivity index (χ2v) is 8.51. The summed E-state index contributed by atoms with van der Waals surface area (Å²) in [5, 5.41) is 4.16. The average molecular weight is 392 g/mol. The minimum absolute atomic E-state index is 0.310. The molecular formula is C23H29N5O. The van der Waals surface area contributed by atoms with Crippen LogP contribution in [0.15, 0.2) is 41.2 Å². The molecular weight excluding hydrogens is 362 g/mol. The monoisotopic (exact) mass is 391 g/mol. The van der Waals surface area contributed by atoms with Crippen molar-refractivity contribution in [3.05, 3.63) is 59.5 Å². The molecule has 1 unspecified atom stereocenters. The number of benzene rings is 1. The van der Waals surface area contributed by atoms with Crippen LogP contribution >= 0.6 is 0 Å². The maximum atomic E-state index is 5.57. The van der Waals surface area contributed by atoms with E-state index in [2.05, 4.69) is 64.0 Å². The minimum atomic E-state index is 0.310. The smallest absolute Gasteiger partial charge is 0.231 e. The number of likely N-dealkylation sites (tertiary alicyclic amines) is 1. The summed E-state index contributed by atoms with van der Waals surface area (Å²) in [4.78, 5) is 16.2. The number of aryl methyl sites for hydroxylation is 1. The van der Waals surface area contributed by atoms with Gasteiger partial charge in [-0.1, -0.05) is 42.8 Å². The molecule has 29 heavy (non-hydrogen) atoms. The first kappa shape index (κ1) is 19.7. The lowest BCUT2D eigenvalue weighted by molar-refractivity contribution is 0.180. The van der Waals surface area contributed by atoms with E-state index in [1.54, 1.807) is 0 Å². The third kappa shape index (κ3) is 5.07. The second kappa shape index (κ2) is 8.82. The van der Waals surface area contributed by atoms with Crippen LogP contribution in [0.1, 0.15) is 55.4 Å². The number of nitrogens with zero attached hydrogens (tertiary/aromatic N) is 5. The summed E-state index contributed by atoms with van der Waals surface area (Å²) < 4.78 is 5.57. The molecule has 6 heteroatoms. The molecule has 0 saturated carbocycles. The molecule has 0 spiro atoms. The number of rotatable bonds is 6. The Kier molecular flexibility index (Phi) is 6.00. The van der Waals surface area contributed by atoms with Crippen molar-refractivity contribution in [3.8, 4) is 11.4 Å². The van der Waals surface area contributed by atoms with Crippen molar-refractivity contribution >= 4 is 0 Å². The molecule has 4 rings (SSSR count). The highest BCUT2D eigenvalue weighted by atomic mass is 16.5. The van der Waals surface area contributed by atoms with Crippen LogP contribution in [-0.4, -0.2) is 38.1 Å². The van der Waals surface area contributed by atoms with Crippen LogP contribution in [0.3, 0.4) is 0 Å². The quantitative estimate of drug-likeness (QED) is 0.620. The van der Waals surface area contributed by atoms with Gasteiger partial charge in [0, 0.05) is 43.0 Å². The molecule has 1 aromatic carbocycles. The molecule has 1 aliphatic rings. The van der Waals surface area contributed by atoms with Gasteiger partial charge in [-0.25, -0.2) is 9.97 Å². The SMILES string of the molecule is Cc1cccc(-c2ncc(CN3CCCC(c4nc(CC(C)C)no4)C3)cn2)c1. The summed E-state index contributed by atoms with van der Waals surface area (Å²) in [5.41, 5.74) is 3.41. The molecule has 0 N–H and O–H groups in total. The van der Waals surface area contributed by atoms with Crippen LogP contribution in [0.5, 0.6) is 0 Å². The first-order valence-corrected chi connectivity index (χ1v) is 10.5. The van der Waals surface area contributed by atoms with Gasteiger partial charge in [-0.2, -0.15) is 4.98 Å². The summed E-state index contributed by atoms with van der Waals surface area (Å²) in [6.07, 6.45) is 6.99. The highest BCUT2D eigenvalue weighted by molar-refractivity contribution is 5.55. The Morgan fingerprint density at radius 1 is 1.21 bits per heavy atom. The van der Waals surface area contributed by atoms with E-state index in [4.69, 9.17) is 4.52 Å². The summed E-state index contributed by atoms with van der Waals surface area (Å²) in [5.74, 6) is 3.23. The minimum Gasteiger partial charge on any atom is -0.339 e. The highest BCUT2D eigenvalue weighted by Gasteiger charge is 2.26. The van der Waals surface area contributed by atoms with Gasteiger partial charge in [-0.15, -0.1) is 0 Å². The molecule has 3 heterocycles. The summed E-state index contributed by atoms with van der Waals surface area (Å²) >= 11 is 0. The van der Waals surface area contributed by atoms with Crippen LogP contribution < -0.4 is 0 Å². The van der Waals surface area contributed by atoms with Crippen molar-refractivity contribution in [2.45, 2.75) is 52.5 Å². The molecule has 1 saturated heterocycles. The first-order valence-electron chi connectivity index (χ1n) is 10.5. The van der Waals surface area contributed by atoms with Crippen LogP contribution in [0.25, 0.3) is 11.4 Å². The zero-order chi connectivity index (χ0) is 20.2. The molecule has 1 atom stereocenters. The lowest BCUT2D eigenvalue weighted by Crippen LogP contribution is -2.34. The largest absolute Gasteiger partial charge is 0.339 e. The molecule has 0 bridgehead atoms. The van der Waals surface area contributed by atoms with Gasteiger partial charge in [0.25, 0.3) is 0 Å². The Morgan fingerprint density at radius 2 is 2.03 bits per heavy atom. The first-order chi connectivity index (χ1) is 14.1. The van der Waals surface area contributed by atoms with Gasteiger partial charge in [0.05, 0.1) is 5.92 Å². The third-order valence-corrected chi connectivity index (χ3v) is 5.32. The van der Waals surface area contributed by atoms with E-state index in [0.29, 0.717) is 11.8 Å². The third-order valence-electron chi connectivity index (χ3n) is 5.32. The zero-order valence-electron chi connectivity index (χ0n) is 17.5. The van der Waals surface area contributed by atoms with E-state index < -0.39 is 0 Å². The molecule has 1 aliphatic heterocycles. The van der Waals surface area contributed by atoms with Crippen LogP contribution in [0.2, 0.25) is 0 Å². The molecule has 3 aromatic rings. The van der Waals surface area contributed by atoms with Crippen LogP contribution in [-0.2, 0) is 13.0 Å². The number of hydrogen-bond acceptors (Lipinski definition) is 6. The van der Waals surface area contributed by atoms with Gasteiger partial charge in [0.1, 0.15) is 0 Å². The average Bonchev–Trinajstić information content (AvgIpc) is 3.17. The van der Waals surface area contributed by atoms with Crippen molar-refractivity contribution in [1.29, 1.82) is 0 Å². The number of hydrogen-bond donors (Lipinski definition) is 0. The normalized spacial score (nSPS) is 17.7. The molecule has 2 aromatic heterocycles. The molecule has 0 radical (unpaired) electrons. The standard InChI is InChI=1S/C23H29N5O/c1-16(2)10-21-26-23(29-27-21)20-8-5-9-28(15-20)14-18-12-24-22(25-13-18)19-7-4-6-17(3)11-19/h4,6-7,11-13,16,20H,5,8-10,14-15H2,1-3H3. The van der Waals surface area contributed by atoms with Gasteiger partial charge in [0.2, 0.25) is 5.89 Å². The Hall–Kier alpha value is -2.60. The van der Waals surface area contributed by atoms with Gasteiger partial charge < -0.3 is 4.52 Å². The van der Waals surface area contributed by atoms with E-state index in [1.807, 2.05) is 18.5 Å². The van der Waals surface area contributed by atoms with Crippen molar-refractivity contribution in [2.75, 3.05) is 13.1 Å². The molecule has 6 nitrogen and oxygen atoms in total. The Bertz CT molecular complexity index is 934. The summed E-state index contributed by atoms with van der Waals surface area (Å²) in [6, 6.07) is 8.29. The topological polar surface area (TPSA) is 67.9 Å². The fraction of sp³-hybridized carbons (Fsp3) is 0.478. The van der Waals surface area contributed by atoms with Gasteiger partial charge in [-0.05, 0) is 38.3 Å². The van der Waals surface area contributed by atoms with Gasteiger partial charge in [0.15, 0.2) is 11.6 Å². The van der Waals surface area contributed by atoms with Gasteiger partial charge >= 0.3 is 0 Å².